The standard InChI is InChI=1S/C19H23FN2O/c1-3-14-6-5-7-15(4-2)19(14)21-13-12-18(23)22-17-10-8-16(20)9-11-17/h5-11,21H,3-4,12-13H2,1-2H3,(H,22,23). The van der Waals surface area contributed by atoms with Gasteiger partial charge in [-0.3, -0.25) is 4.79 Å². The van der Waals surface area contributed by atoms with E-state index in [-0.39, 0.29) is 11.7 Å². The first kappa shape index (κ1) is 17.0. The van der Waals surface area contributed by atoms with Gasteiger partial charge in [-0.05, 0) is 48.2 Å². The van der Waals surface area contributed by atoms with Gasteiger partial charge in [0.15, 0.2) is 0 Å². The predicted octanol–water partition coefficient (Wildman–Crippen LogP) is 4.39. The summed E-state index contributed by atoms with van der Waals surface area (Å²) in [7, 11) is 0. The molecule has 2 rings (SSSR count). The van der Waals surface area contributed by atoms with E-state index in [2.05, 4.69) is 42.7 Å². The third-order valence-electron chi connectivity index (χ3n) is 3.78. The monoisotopic (exact) mass is 314 g/mol. The Kier molecular flexibility index (Phi) is 6.15. The molecule has 0 spiro atoms. The first-order valence-corrected chi connectivity index (χ1v) is 8.04. The second kappa shape index (κ2) is 8.32. The van der Waals surface area contributed by atoms with Crippen molar-refractivity contribution >= 4 is 17.3 Å². The fourth-order valence-electron chi connectivity index (χ4n) is 2.53. The number of carbonyl (C=O) groups is 1. The average Bonchev–Trinajstić information content (AvgIpc) is 2.57. The lowest BCUT2D eigenvalue weighted by Gasteiger charge is -2.15. The Morgan fingerprint density at radius 3 is 2.17 bits per heavy atom. The number of para-hydroxylation sites is 1. The highest BCUT2D eigenvalue weighted by atomic mass is 19.1. The molecule has 0 unspecified atom stereocenters. The number of hydrogen-bond acceptors (Lipinski definition) is 2. The Morgan fingerprint density at radius 2 is 1.61 bits per heavy atom. The summed E-state index contributed by atoms with van der Waals surface area (Å²) in [6, 6.07) is 12.1. The van der Waals surface area contributed by atoms with Gasteiger partial charge in [0.1, 0.15) is 5.82 Å². The van der Waals surface area contributed by atoms with E-state index in [9.17, 15) is 9.18 Å². The van der Waals surface area contributed by atoms with E-state index < -0.39 is 0 Å². The molecule has 3 nitrogen and oxygen atoms in total. The zero-order valence-corrected chi connectivity index (χ0v) is 13.7. The van der Waals surface area contributed by atoms with Crippen molar-refractivity contribution < 1.29 is 9.18 Å². The Bertz CT molecular complexity index is 631. The number of halogens is 1. The van der Waals surface area contributed by atoms with Crippen LogP contribution in [-0.4, -0.2) is 12.5 Å². The van der Waals surface area contributed by atoms with Gasteiger partial charge >= 0.3 is 0 Å². The van der Waals surface area contributed by atoms with E-state index in [0.29, 0.717) is 18.7 Å². The Hall–Kier alpha value is -2.36. The molecule has 2 aromatic carbocycles. The number of aryl methyl sites for hydroxylation is 2. The number of rotatable bonds is 7. The molecule has 0 radical (unpaired) electrons. The Balaban J connectivity index is 1.89. The summed E-state index contributed by atoms with van der Waals surface area (Å²) in [6.45, 7) is 4.82. The summed E-state index contributed by atoms with van der Waals surface area (Å²) in [6.07, 6.45) is 2.27. The van der Waals surface area contributed by atoms with Crippen LogP contribution >= 0.6 is 0 Å². The van der Waals surface area contributed by atoms with Crippen molar-refractivity contribution in [2.45, 2.75) is 33.1 Å². The maximum absolute atomic E-state index is 12.8. The molecule has 0 aromatic heterocycles. The third kappa shape index (κ3) is 4.81. The van der Waals surface area contributed by atoms with E-state index in [0.717, 1.165) is 18.5 Å². The molecular formula is C19H23FN2O. The normalized spacial score (nSPS) is 10.4. The van der Waals surface area contributed by atoms with Crippen molar-refractivity contribution in [2.24, 2.45) is 0 Å². The van der Waals surface area contributed by atoms with Crippen LogP contribution in [0.4, 0.5) is 15.8 Å². The van der Waals surface area contributed by atoms with Crippen molar-refractivity contribution in [3.05, 3.63) is 59.4 Å². The van der Waals surface area contributed by atoms with Crippen molar-refractivity contribution in [1.29, 1.82) is 0 Å². The molecule has 0 atom stereocenters. The number of hydrogen-bond donors (Lipinski definition) is 2. The van der Waals surface area contributed by atoms with Crippen LogP contribution < -0.4 is 10.6 Å². The lowest BCUT2D eigenvalue weighted by molar-refractivity contribution is -0.115. The predicted molar refractivity (Wildman–Crippen MR) is 93.3 cm³/mol. The quantitative estimate of drug-likeness (QED) is 0.795. The van der Waals surface area contributed by atoms with Crippen LogP contribution in [0.15, 0.2) is 42.5 Å². The summed E-state index contributed by atoms with van der Waals surface area (Å²) in [5, 5.41) is 6.16. The van der Waals surface area contributed by atoms with Crippen molar-refractivity contribution in [2.75, 3.05) is 17.2 Å². The van der Waals surface area contributed by atoms with Crippen molar-refractivity contribution in [3.63, 3.8) is 0 Å². The summed E-state index contributed by atoms with van der Waals surface area (Å²) < 4.78 is 12.8. The molecule has 0 fully saturated rings. The van der Waals surface area contributed by atoms with Gasteiger partial charge in [-0.25, -0.2) is 4.39 Å². The van der Waals surface area contributed by atoms with Crippen LogP contribution in [0.25, 0.3) is 0 Å². The lowest BCUT2D eigenvalue weighted by Crippen LogP contribution is -2.17. The van der Waals surface area contributed by atoms with Gasteiger partial charge in [0.25, 0.3) is 0 Å². The van der Waals surface area contributed by atoms with Crippen molar-refractivity contribution in [3.8, 4) is 0 Å². The molecule has 23 heavy (non-hydrogen) atoms. The van der Waals surface area contributed by atoms with E-state index >= 15 is 0 Å². The largest absolute Gasteiger partial charge is 0.384 e. The van der Waals surface area contributed by atoms with Crippen LogP contribution in [-0.2, 0) is 17.6 Å². The van der Waals surface area contributed by atoms with Gasteiger partial charge in [-0.2, -0.15) is 0 Å². The van der Waals surface area contributed by atoms with Crippen LogP contribution in [0.1, 0.15) is 31.4 Å². The Labute approximate surface area is 136 Å². The number of nitrogens with one attached hydrogen (secondary N) is 2. The fourth-order valence-corrected chi connectivity index (χ4v) is 2.53. The molecule has 2 N–H and O–H groups in total. The number of benzene rings is 2. The van der Waals surface area contributed by atoms with Crippen LogP contribution in [0.2, 0.25) is 0 Å². The molecule has 0 saturated heterocycles. The highest BCUT2D eigenvalue weighted by molar-refractivity contribution is 5.90. The number of carbonyl (C=O) groups excluding carboxylic acids is 1. The van der Waals surface area contributed by atoms with E-state index in [1.54, 1.807) is 12.1 Å². The third-order valence-corrected chi connectivity index (χ3v) is 3.78. The molecule has 122 valence electrons. The molecule has 0 aliphatic carbocycles. The van der Waals surface area contributed by atoms with Gasteiger partial charge in [-0.1, -0.05) is 32.0 Å². The van der Waals surface area contributed by atoms with Crippen molar-refractivity contribution in [1.82, 2.24) is 0 Å². The summed E-state index contributed by atoms with van der Waals surface area (Å²) in [5.41, 5.74) is 4.29. The average molecular weight is 314 g/mol. The number of anilines is 2. The summed E-state index contributed by atoms with van der Waals surface area (Å²) in [5.74, 6) is -0.399. The number of amides is 1. The molecule has 4 heteroatoms. The zero-order chi connectivity index (χ0) is 16.7. The van der Waals surface area contributed by atoms with E-state index in [4.69, 9.17) is 0 Å². The fraction of sp³-hybridized carbons (Fsp3) is 0.316. The molecule has 0 aliphatic heterocycles. The Morgan fingerprint density at radius 1 is 1.00 bits per heavy atom. The summed E-state index contributed by atoms with van der Waals surface area (Å²) >= 11 is 0. The van der Waals surface area contributed by atoms with Gasteiger partial charge in [0, 0.05) is 24.3 Å². The molecular weight excluding hydrogens is 291 g/mol. The minimum absolute atomic E-state index is 0.0869. The SMILES string of the molecule is CCc1cccc(CC)c1NCCC(=O)Nc1ccc(F)cc1. The molecule has 0 bridgehead atoms. The first-order valence-electron chi connectivity index (χ1n) is 8.04. The second-order valence-corrected chi connectivity index (χ2v) is 5.39. The first-order chi connectivity index (χ1) is 11.1. The summed E-state index contributed by atoms with van der Waals surface area (Å²) in [4.78, 5) is 12.0. The van der Waals surface area contributed by atoms with Crippen LogP contribution in [0.3, 0.4) is 0 Å². The van der Waals surface area contributed by atoms with Gasteiger partial charge < -0.3 is 10.6 Å². The highest BCUT2D eigenvalue weighted by Gasteiger charge is 2.07. The van der Waals surface area contributed by atoms with Crippen LogP contribution in [0.5, 0.6) is 0 Å². The molecule has 0 heterocycles. The molecule has 2 aromatic rings. The minimum Gasteiger partial charge on any atom is -0.384 e. The topological polar surface area (TPSA) is 41.1 Å². The van der Waals surface area contributed by atoms with Gasteiger partial charge in [0.2, 0.25) is 5.91 Å². The van der Waals surface area contributed by atoms with Gasteiger partial charge in [0.05, 0.1) is 0 Å². The zero-order valence-electron chi connectivity index (χ0n) is 13.7. The van der Waals surface area contributed by atoms with E-state index in [1.165, 1.54) is 23.3 Å². The maximum atomic E-state index is 12.8. The molecule has 0 saturated carbocycles. The molecule has 0 aliphatic rings. The highest BCUT2D eigenvalue weighted by Crippen LogP contribution is 2.22. The molecule has 1 amide bonds. The minimum atomic E-state index is -0.312. The van der Waals surface area contributed by atoms with Crippen LogP contribution in [0, 0.1) is 5.82 Å². The maximum Gasteiger partial charge on any atom is 0.226 e. The van der Waals surface area contributed by atoms with E-state index in [1.807, 2.05) is 0 Å². The second-order valence-electron chi connectivity index (χ2n) is 5.39. The smallest absolute Gasteiger partial charge is 0.226 e. The lowest BCUT2D eigenvalue weighted by atomic mass is 10.0. The van der Waals surface area contributed by atoms with Gasteiger partial charge in [-0.15, -0.1) is 0 Å².